The molecule has 6 heteroatoms. The van der Waals surface area contributed by atoms with Crippen LogP contribution in [0.1, 0.15) is 0 Å². The Morgan fingerprint density at radius 1 is 0.909 bits per heavy atom. The molecule has 0 saturated carbocycles. The Hall–Kier alpha value is 0.510. The Kier molecular flexibility index (Phi) is 16.8. The van der Waals surface area contributed by atoms with Gasteiger partial charge in [0.2, 0.25) is 0 Å². The second-order valence-electron chi connectivity index (χ2n) is 1.15. The monoisotopic (exact) mass is 349 g/mol. The highest BCUT2D eigenvalue weighted by Crippen LogP contribution is 1.89. The third-order valence-corrected chi connectivity index (χ3v) is 1.21. The number of rotatable bonds is 1. The van der Waals surface area contributed by atoms with Gasteiger partial charge >= 0.3 is 0 Å². The number of pyridine rings is 1. The molecule has 11 heavy (non-hydrogen) atoms. The molecule has 0 aromatic carbocycles. The lowest BCUT2D eigenvalue weighted by molar-refractivity contribution is -0.0265. The van der Waals surface area contributed by atoms with Gasteiger partial charge in [-0.1, -0.05) is 6.07 Å². The largest absolute Gasteiger partial charge is 0.265 e. The molecule has 0 N–H and O–H groups in total. The van der Waals surface area contributed by atoms with E-state index in [2.05, 4.69) is 45.5 Å². The maximum absolute atomic E-state index is 3.78. The van der Waals surface area contributed by atoms with Gasteiger partial charge in [-0.2, -0.15) is 0 Å². The van der Waals surface area contributed by atoms with Crippen molar-refractivity contribution in [1.29, 1.82) is 0 Å². The Labute approximate surface area is 92.7 Å². The zero-order chi connectivity index (χ0) is 7.66. The van der Waals surface area contributed by atoms with E-state index in [9.17, 15) is 0 Å². The predicted octanol–water partition coefficient (Wildman–Crippen LogP) is 3.21. The van der Waals surface area contributed by atoms with Gasteiger partial charge in [0.05, 0.1) is 0 Å². The third-order valence-electron chi connectivity index (χ3n) is 0.590. The fraction of sp³-hybridized carbons (Fsp3) is 0. The normalized spacial score (nSPS) is 7.09. The van der Waals surface area contributed by atoms with Crippen molar-refractivity contribution in [3.8, 4) is 0 Å². The van der Waals surface area contributed by atoms with Crippen molar-refractivity contribution < 1.29 is 7.96 Å². The van der Waals surface area contributed by atoms with E-state index in [1.807, 2.05) is 18.2 Å². The van der Waals surface area contributed by atoms with Gasteiger partial charge in [-0.3, -0.25) is 4.98 Å². The number of hydrogen-bond acceptors (Lipinski definition) is 3. The Balaban J connectivity index is 0. The summed E-state index contributed by atoms with van der Waals surface area (Å²) >= 11 is 4.96. The lowest BCUT2D eigenvalue weighted by atomic mass is 10.5. The van der Waals surface area contributed by atoms with E-state index in [0.29, 0.717) is 0 Å². The quantitative estimate of drug-likeness (QED) is 0.575. The molecule has 0 aliphatic heterocycles. The van der Waals surface area contributed by atoms with E-state index < -0.39 is 0 Å². The first-order valence-corrected chi connectivity index (χ1v) is 3.62. The minimum Gasteiger partial charge on any atom is -0.265 e. The van der Waals surface area contributed by atoms with Gasteiger partial charge in [0.15, 0.2) is 0 Å². The smallest absolute Gasteiger partial charge is 0.144 e. The van der Waals surface area contributed by atoms with E-state index in [1.165, 1.54) is 0 Å². The van der Waals surface area contributed by atoms with Crippen LogP contribution in [-0.4, -0.2) is 4.98 Å². The van der Waals surface area contributed by atoms with E-state index >= 15 is 0 Å². The fourth-order valence-corrected chi connectivity index (χ4v) is 0.313. The molecule has 0 saturated heterocycles. The molecule has 64 valence electrons. The predicted molar refractivity (Wildman–Crippen MR) is 54.6 cm³/mol. The van der Waals surface area contributed by atoms with Gasteiger partial charge in [-0.25, -0.2) is 0 Å². The van der Waals surface area contributed by atoms with Crippen LogP contribution in [0, 0.1) is 0 Å². The molecular formula is C5H6Br3NO2. The topological polar surface area (TPSA) is 31.4 Å². The molecule has 0 amide bonds. The molecule has 0 radical (unpaired) electrons. The number of halogens is 3. The minimum atomic E-state index is 0. The highest BCUT2D eigenvalue weighted by molar-refractivity contribution is 9.07. The lowest BCUT2D eigenvalue weighted by Crippen LogP contribution is -1.58. The third kappa shape index (κ3) is 13.5. The van der Waals surface area contributed by atoms with Crippen molar-refractivity contribution in [2.75, 3.05) is 0 Å². The van der Waals surface area contributed by atoms with Crippen molar-refractivity contribution >= 4 is 49.5 Å². The van der Waals surface area contributed by atoms with Crippen LogP contribution in [0.2, 0.25) is 0 Å². The van der Waals surface area contributed by atoms with Crippen LogP contribution in [0.5, 0.6) is 0 Å². The molecule has 0 bridgehead atoms. The Morgan fingerprint density at radius 2 is 1.36 bits per heavy atom. The molecule has 0 atom stereocenters. The molecule has 1 aromatic heterocycles. The van der Waals surface area contributed by atoms with Crippen LogP contribution in [0.15, 0.2) is 30.6 Å². The van der Waals surface area contributed by atoms with Crippen molar-refractivity contribution in [2.45, 2.75) is 0 Å². The van der Waals surface area contributed by atoms with E-state index in [1.54, 1.807) is 12.4 Å². The van der Waals surface area contributed by atoms with Gasteiger partial charge in [0.25, 0.3) is 0 Å². The van der Waals surface area contributed by atoms with Gasteiger partial charge in [-0.05, 0) is 12.1 Å². The molecular weight excluding hydrogens is 346 g/mol. The molecule has 0 unspecified atom stereocenters. The maximum Gasteiger partial charge on any atom is 0.144 e. The van der Waals surface area contributed by atoms with Gasteiger partial charge < -0.3 is 0 Å². The summed E-state index contributed by atoms with van der Waals surface area (Å²) in [6.45, 7) is 0. The van der Waals surface area contributed by atoms with Crippen LogP contribution in [0.4, 0.5) is 0 Å². The second-order valence-corrected chi connectivity index (χ2v) is 1.68. The van der Waals surface area contributed by atoms with Gasteiger partial charge in [0.1, 0.15) is 32.5 Å². The van der Waals surface area contributed by atoms with Gasteiger partial charge in [-0.15, -0.1) is 24.9 Å². The van der Waals surface area contributed by atoms with Crippen LogP contribution >= 0.6 is 49.5 Å². The summed E-state index contributed by atoms with van der Waals surface area (Å²) in [5, 5.41) is 0. The molecule has 1 aromatic rings. The molecule has 0 spiro atoms. The molecule has 0 aliphatic carbocycles. The summed E-state index contributed by atoms with van der Waals surface area (Å²) in [6, 6.07) is 5.72. The van der Waals surface area contributed by atoms with Crippen LogP contribution in [0.3, 0.4) is 0 Å². The lowest BCUT2D eigenvalue weighted by Gasteiger charge is -1.70. The van der Waals surface area contributed by atoms with Crippen molar-refractivity contribution in [2.24, 2.45) is 0 Å². The Bertz CT molecular complexity index is 112. The first-order chi connectivity index (χ1) is 4.91. The SMILES string of the molecule is Br.BrOOBr.c1ccncc1. The van der Waals surface area contributed by atoms with Crippen molar-refractivity contribution in [3.63, 3.8) is 0 Å². The maximum atomic E-state index is 3.78. The summed E-state index contributed by atoms with van der Waals surface area (Å²) in [7, 11) is 0. The molecule has 0 fully saturated rings. The summed E-state index contributed by atoms with van der Waals surface area (Å²) in [4.78, 5) is 3.78. The number of hydrogen-bond donors (Lipinski definition) is 0. The Morgan fingerprint density at radius 3 is 1.45 bits per heavy atom. The highest BCUT2D eigenvalue weighted by atomic mass is 79.9. The second kappa shape index (κ2) is 13.1. The standard InChI is InChI=1S/C5H5N.Br2O2.BrH/c1-2-4-6-5-3-1;1-3-4-2;/h1-5H;;1H. The molecule has 3 nitrogen and oxygen atoms in total. The number of aromatic nitrogens is 1. The fourth-order valence-electron chi connectivity index (χ4n) is 0.313. The number of nitrogens with zero attached hydrogens (tertiary/aromatic N) is 1. The van der Waals surface area contributed by atoms with E-state index in [4.69, 9.17) is 0 Å². The van der Waals surface area contributed by atoms with Crippen LogP contribution in [-0.2, 0) is 7.96 Å². The minimum absolute atomic E-state index is 0. The summed E-state index contributed by atoms with van der Waals surface area (Å²) < 4.78 is 7.54. The van der Waals surface area contributed by atoms with Crippen LogP contribution in [0.25, 0.3) is 0 Å². The van der Waals surface area contributed by atoms with E-state index in [0.717, 1.165) is 0 Å². The summed E-state index contributed by atoms with van der Waals surface area (Å²) in [5.41, 5.74) is 0. The first kappa shape index (κ1) is 14.1. The molecule has 1 rings (SSSR count). The highest BCUT2D eigenvalue weighted by Gasteiger charge is 1.58. The summed E-state index contributed by atoms with van der Waals surface area (Å²) in [6.07, 6.45) is 3.50. The van der Waals surface area contributed by atoms with Crippen LogP contribution < -0.4 is 0 Å². The molecule has 1 heterocycles. The zero-order valence-electron chi connectivity index (χ0n) is 5.31. The summed E-state index contributed by atoms with van der Waals surface area (Å²) in [5.74, 6) is 0. The first-order valence-electron chi connectivity index (χ1n) is 2.33. The van der Waals surface area contributed by atoms with Crippen molar-refractivity contribution in [1.82, 2.24) is 4.98 Å². The average molecular weight is 352 g/mol. The van der Waals surface area contributed by atoms with Gasteiger partial charge in [0, 0.05) is 12.4 Å². The average Bonchev–Trinajstić information content (AvgIpc) is 2.08. The van der Waals surface area contributed by atoms with E-state index in [-0.39, 0.29) is 17.0 Å². The zero-order valence-corrected chi connectivity index (χ0v) is 10.2. The van der Waals surface area contributed by atoms with Crippen molar-refractivity contribution in [3.05, 3.63) is 30.6 Å². The molecule has 0 aliphatic rings.